The van der Waals surface area contributed by atoms with Crippen LogP contribution in [-0.2, 0) is 0 Å². The first kappa shape index (κ1) is 9.50. The highest BCUT2D eigenvalue weighted by Gasteiger charge is 2.40. The summed E-state index contributed by atoms with van der Waals surface area (Å²) in [5, 5.41) is 18.4. The lowest BCUT2D eigenvalue weighted by Crippen LogP contribution is -2.15. The van der Waals surface area contributed by atoms with Gasteiger partial charge in [-0.05, 0) is 43.4 Å². The Balaban J connectivity index is 1.96. The van der Waals surface area contributed by atoms with E-state index in [0.29, 0.717) is 11.7 Å². The van der Waals surface area contributed by atoms with Crippen LogP contribution in [0.4, 0.5) is 0 Å². The van der Waals surface area contributed by atoms with Gasteiger partial charge in [-0.25, -0.2) is 0 Å². The van der Waals surface area contributed by atoms with Crippen LogP contribution in [0.5, 0.6) is 0 Å². The second kappa shape index (κ2) is 3.40. The maximum absolute atomic E-state index is 4.38. The molecule has 1 fully saturated rings. The number of H-pyrrole nitrogens is 1. The minimum atomic E-state index is 0.591. The van der Waals surface area contributed by atoms with Crippen molar-refractivity contribution in [3.63, 3.8) is 0 Å². The van der Waals surface area contributed by atoms with E-state index in [-0.39, 0.29) is 0 Å². The summed E-state index contributed by atoms with van der Waals surface area (Å²) >= 11 is 0. The van der Waals surface area contributed by atoms with Gasteiger partial charge in [0.05, 0.1) is 0 Å². The van der Waals surface area contributed by atoms with Crippen LogP contribution in [-0.4, -0.2) is 26.3 Å². The molecule has 0 bridgehead atoms. The van der Waals surface area contributed by atoms with Gasteiger partial charge in [0, 0.05) is 11.6 Å². The maximum Gasteiger partial charge on any atom is 0.222 e. The lowest BCUT2D eigenvalue weighted by molar-refractivity contribution is 0.759. The first-order valence-corrected chi connectivity index (χ1v) is 5.49. The number of nitrogens with one attached hydrogen (secondary N) is 2. The first-order valence-electron chi connectivity index (χ1n) is 5.49. The monoisotopic (exact) mass is 218 g/mol. The fourth-order valence-corrected chi connectivity index (χ4v) is 2.31. The van der Waals surface area contributed by atoms with Crippen molar-refractivity contribution in [1.82, 2.24) is 26.0 Å². The van der Waals surface area contributed by atoms with Crippen LogP contribution in [0.25, 0.3) is 5.70 Å². The van der Waals surface area contributed by atoms with Gasteiger partial charge < -0.3 is 0 Å². The van der Waals surface area contributed by atoms with E-state index in [1.807, 2.05) is 0 Å². The lowest BCUT2D eigenvalue weighted by Gasteiger charge is -2.12. The van der Waals surface area contributed by atoms with Gasteiger partial charge in [0.2, 0.25) is 5.82 Å². The molecule has 2 atom stereocenters. The molecule has 6 heteroatoms. The van der Waals surface area contributed by atoms with Crippen molar-refractivity contribution in [3.05, 3.63) is 11.4 Å². The van der Waals surface area contributed by atoms with Crippen molar-refractivity contribution in [3.8, 4) is 0 Å². The quantitative estimate of drug-likeness (QED) is 0.735. The zero-order valence-corrected chi connectivity index (χ0v) is 9.36. The summed E-state index contributed by atoms with van der Waals surface area (Å²) in [5.74, 6) is 2.02. The van der Waals surface area contributed by atoms with Crippen LogP contribution >= 0.6 is 0 Å². The number of tetrazole rings is 1. The van der Waals surface area contributed by atoms with E-state index in [2.05, 4.69) is 45.0 Å². The van der Waals surface area contributed by atoms with Gasteiger partial charge in [0.25, 0.3) is 0 Å². The van der Waals surface area contributed by atoms with E-state index < -0.39 is 0 Å². The fourth-order valence-electron chi connectivity index (χ4n) is 2.31. The SMILES string of the molecule is C/C1=N\N/C(c2nn[nH]n2)=C(\C)C[C@H]2C[C@@H]12. The minimum absolute atomic E-state index is 0.591. The van der Waals surface area contributed by atoms with Crippen molar-refractivity contribution in [2.75, 3.05) is 0 Å². The molecular weight excluding hydrogens is 204 g/mol. The molecule has 16 heavy (non-hydrogen) atoms. The van der Waals surface area contributed by atoms with E-state index >= 15 is 0 Å². The summed E-state index contributed by atoms with van der Waals surface area (Å²) in [6.07, 6.45) is 2.35. The van der Waals surface area contributed by atoms with Crippen LogP contribution in [0.3, 0.4) is 0 Å². The summed E-state index contributed by atoms with van der Waals surface area (Å²) in [4.78, 5) is 0. The molecule has 0 saturated heterocycles. The highest BCUT2D eigenvalue weighted by atomic mass is 15.5. The Bertz CT molecular complexity index is 458. The summed E-state index contributed by atoms with van der Waals surface area (Å²) in [7, 11) is 0. The third-order valence-electron chi connectivity index (χ3n) is 3.37. The normalized spacial score (nSPS) is 36.5. The Kier molecular flexibility index (Phi) is 2.02. The van der Waals surface area contributed by atoms with Crippen molar-refractivity contribution in [2.45, 2.75) is 26.7 Å². The average molecular weight is 218 g/mol. The molecule has 1 aromatic heterocycles. The van der Waals surface area contributed by atoms with Crippen LogP contribution in [0, 0.1) is 11.8 Å². The second-order valence-electron chi connectivity index (χ2n) is 4.56. The molecular formula is C10H14N6. The predicted octanol–water partition coefficient (Wildman–Crippen LogP) is 0.936. The Morgan fingerprint density at radius 3 is 2.94 bits per heavy atom. The Labute approximate surface area is 93.2 Å². The molecule has 1 aliphatic heterocycles. The van der Waals surface area contributed by atoms with E-state index in [4.69, 9.17) is 0 Å². The molecule has 1 saturated carbocycles. The largest absolute Gasteiger partial charge is 0.275 e. The van der Waals surface area contributed by atoms with Gasteiger partial charge in [-0.15, -0.1) is 10.2 Å². The maximum atomic E-state index is 4.38. The van der Waals surface area contributed by atoms with Crippen LogP contribution in [0.15, 0.2) is 10.7 Å². The van der Waals surface area contributed by atoms with Crippen LogP contribution < -0.4 is 5.43 Å². The number of allylic oxidation sites excluding steroid dienone is 1. The molecule has 0 radical (unpaired) electrons. The molecule has 2 heterocycles. The molecule has 1 aromatic rings. The van der Waals surface area contributed by atoms with Crippen LogP contribution in [0.2, 0.25) is 0 Å². The third-order valence-corrected chi connectivity index (χ3v) is 3.37. The number of hydrogen-bond acceptors (Lipinski definition) is 5. The standard InChI is InChI=1S/C10H14N6/c1-5-3-7-4-8(7)6(2)11-12-9(5)10-13-15-16-14-10/h7-8,12H,3-4H2,1-2H3,(H,13,14,15,16)/b9-5+,11-6+/t7-,8-/m0/s1. The Hall–Kier alpha value is -1.72. The van der Waals surface area contributed by atoms with Gasteiger partial charge in [-0.1, -0.05) is 0 Å². The molecule has 0 spiro atoms. The van der Waals surface area contributed by atoms with Crippen molar-refractivity contribution < 1.29 is 0 Å². The number of nitrogens with zero attached hydrogens (tertiary/aromatic N) is 4. The number of hydrazone groups is 1. The van der Waals surface area contributed by atoms with Crippen molar-refractivity contribution in [1.29, 1.82) is 0 Å². The zero-order valence-electron chi connectivity index (χ0n) is 9.36. The lowest BCUT2D eigenvalue weighted by atomic mass is 10.1. The number of aromatic amines is 1. The summed E-state index contributed by atoms with van der Waals surface area (Å²) in [6, 6.07) is 0. The molecule has 1 aliphatic carbocycles. The van der Waals surface area contributed by atoms with Gasteiger partial charge >= 0.3 is 0 Å². The van der Waals surface area contributed by atoms with Crippen molar-refractivity contribution in [2.24, 2.45) is 16.9 Å². The zero-order chi connectivity index (χ0) is 11.1. The first-order chi connectivity index (χ1) is 7.75. The predicted molar refractivity (Wildman–Crippen MR) is 59.2 cm³/mol. The molecule has 6 nitrogen and oxygen atoms in total. The van der Waals surface area contributed by atoms with E-state index in [1.54, 1.807) is 0 Å². The van der Waals surface area contributed by atoms with Crippen molar-refractivity contribution >= 4 is 11.4 Å². The fraction of sp³-hybridized carbons (Fsp3) is 0.600. The molecule has 84 valence electrons. The highest BCUT2D eigenvalue weighted by Crippen LogP contribution is 2.45. The topological polar surface area (TPSA) is 78.9 Å². The minimum Gasteiger partial charge on any atom is -0.275 e. The van der Waals surface area contributed by atoms with Gasteiger partial charge in [0.15, 0.2) is 0 Å². The second-order valence-corrected chi connectivity index (χ2v) is 4.56. The van der Waals surface area contributed by atoms with Crippen LogP contribution in [0.1, 0.15) is 32.5 Å². The molecule has 0 amide bonds. The molecule has 2 N–H and O–H groups in total. The summed E-state index contributed by atoms with van der Waals surface area (Å²) in [6.45, 7) is 4.18. The Morgan fingerprint density at radius 1 is 1.31 bits per heavy atom. The van der Waals surface area contributed by atoms with Gasteiger partial charge in [-0.3, -0.25) is 5.43 Å². The summed E-state index contributed by atoms with van der Waals surface area (Å²) in [5.41, 5.74) is 6.38. The number of fused-ring (bicyclic) bond motifs is 1. The summed E-state index contributed by atoms with van der Waals surface area (Å²) < 4.78 is 0. The van der Waals surface area contributed by atoms with E-state index in [0.717, 1.165) is 18.0 Å². The number of aromatic nitrogens is 4. The third kappa shape index (κ3) is 1.50. The van der Waals surface area contributed by atoms with Gasteiger partial charge in [0.1, 0.15) is 5.70 Å². The molecule has 2 aliphatic rings. The smallest absolute Gasteiger partial charge is 0.222 e. The van der Waals surface area contributed by atoms with E-state index in [9.17, 15) is 0 Å². The molecule has 0 aromatic carbocycles. The Morgan fingerprint density at radius 2 is 2.19 bits per heavy atom. The molecule has 0 unspecified atom stereocenters. The van der Waals surface area contributed by atoms with E-state index in [1.165, 1.54) is 17.7 Å². The number of rotatable bonds is 1. The average Bonchev–Trinajstić information content (AvgIpc) is 2.79. The molecule has 3 rings (SSSR count). The number of hydrogen-bond donors (Lipinski definition) is 2. The van der Waals surface area contributed by atoms with Gasteiger partial charge in [-0.2, -0.15) is 10.3 Å². The highest BCUT2D eigenvalue weighted by molar-refractivity contribution is 5.87.